The van der Waals surface area contributed by atoms with Gasteiger partial charge in [-0.2, -0.15) is 0 Å². The van der Waals surface area contributed by atoms with Crippen LogP contribution in [0.4, 0.5) is 4.79 Å². The summed E-state index contributed by atoms with van der Waals surface area (Å²) in [5.74, 6) is -2.45. The maximum Gasteiger partial charge on any atom is 0.408 e. The first-order chi connectivity index (χ1) is 22.1. The molecule has 0 spiro atoms. The lowest BCUT2D eigenvalue weighted by Gasteiger charge is -2.32. The van der Waals surface area contributed by atoms with Crippen molar-refractivity contribution in [1.82, 2.24) is 15.5 Å². The molecule has 3 aromatic carbocycles. The predicted octanol–water partition coefficient (Wildman–Crippen LogP) is 5.06. The van der Waals surface area contributed by atoms with Crippen molar-refractivity contribution in [2.45, 2.75) is 83.7 Å². The van der Waals surface area contributed by atoms with Crippen LogP contribution >= 0.6 is 0 Å². The fourth-order valence-corrected chi connectivity index (χ4v) is 4.71. The van der Waals surface area contributed by atoms with Gasteiger partial charge in [-0.3, -0.25) is 14.5 Å². The molecule has 3 rings (SSSR count). The molecule has 3 aromatic rings. The van der Waals surface area contributed by atoms with Gasteiger partial charge in [0, 0.05) is 18.9 Å². The van der Waals surface area contributed by atoms with Crippen LogP contribution < -0.4 is 10.6 Å². The Balaban J connectivity index is 2.04. The first kappa shape index (κ1) is 36.2. The molecule has 0 saturated carbocycles. The molecular weight excluding hydrogens is 598 g/mol. The summed E-state index contributed by atoms with van der Waals surface area (Å²) in [5, 5.41) is 15.7. The number of carbonyl (C=O) groups is 4. The van der Waals surface area contributed by atoms with E-state index < -0.39 is 53.2 Å². The number of benzene rings is 3. The molecule has 0 bridgehead atoms. The number of esters is 1. The summed E-state index contributed by atoms with van der Waals surface area (Å²) in [4.78, 5) is 55.6. The van der Waals surface area contributed by atoms with Crippen LogP contribution in [0.25, 0.3) is 0 Å². The Morgan fingerprint density at radius 3 is 1.79 bits per heavy atom. The highest BCUT2D eigenvalue weighted by molar-refractivity contribution is 5.95. The average Bonchev–Trinajstić information content (AvgIpc) is 2.98. The lowest BCUT2D eigenvalue weighted by molar-refractivity contribution is -0.159. The smallest absolute Gasteiger partial charge is 0.408 e. The van der Waals surface area contributed by atoms with Crippen LogP contribution in [0.1, 0.15) is 64.3 Å². The van der Waals surface area contributed by atoms with E-state index in [9.17, 15) is 24.3 Å². The van der Waals surface area contributed by atoms with Crippen LogP contribution in [0.2, 0.25) is 0 Å². The van der Waals surface area contributed by atoms with Gasteiger partial charge in [0.05, 0.1) is 0 Å². The van der Waals surface area contributed by atoms with Gasteiger partial charge in [-0.05, 0) is 70.4 Å². The quantitative estimate of drug-likeness (QED) is 0.151. The zero-order valence-corrected chi connectivity index (χ0v) is 27.7. The molecule has 0 heterocycles. The van der Waals surface area contributed by atoms with Crippen molar-refractivity contribution >= 4 is 23.9 Å². The van der Waals surface area contributed by atoms with E-state index >= 15 is 0 Å². The number of carbonyl (C=O) groups excluding carboxylic acids is 4. The third-order valence-electron chi connectivity index (χ3n) is 6.63. The molecule has 3 amide bonds. The highest BCUT2D eigenvalue weighted by Crippen LogP contribution is 2.26. The number of nitrogens with one attached hydrogen (secondary N) is 2. The van der Waals surface area contributed by atoms with Crippen LogP contribution in [0, 0.1) is 12.5 Å². The van der Waals surface area contributed by atoms with Crippen molar-refractivity contribution in [3.8, 4) is 18.2 Å². The highest BCUT2D eigenvalue weighted by Gasteiger charge is 2.38. The van der Waals surface area contributed by atoms with Crippen molar-refractivity contribution in [3.05, 3.63) is 102 Å². The maximum atomic E-state index is 14.3. The zero-order chi connectivity index (χ0) is 34.8. The molecule has 0 aliphatic carbocycles. The molecule has 0 radical (unpaired) electrons. The normalized spacial score (nSPS) is 13.2. The Bertz CT molecular complexity index is 1570. The van der Waals surface area contributed by atoms with Crippen LogP contribution in [0.15, 0.2) is 84.9 Å². The summed E-state index contributed by atoms with van der Waals surface area (Å²) < 4.78 is 11.0. The second-order valence-electron chi connectivity index (χ2n) is 13.0. The first-order valence-corrected chi connectivity index (χ1v) is 15.2. The SMILES string of the molecule is C#CN(C(=O)C(Cc1ccccc1)NC(=O)OC(C)(C)C)C(C(=O)NC(Cc1ccccc1)C(=O)OC(C)(C)C)c1cccc(O)c1. The van der Waals surface area contributed by atoms with Crippen molar-refractivity contribution in [1.29, 1.82) is 0 Å². The molecule has 3 unspecified atom stereocenters. The van der Waals surface area contributed by atoms with E-state index in [2.05, 4.69) is 16.7 Å². The fraction of sp³-hybridized carbons (Fsp3) is 0.351. The van der Waals surface area contributed by atoms with E-state index in [1.165, 1.54) is 24.3 Å². The van der Waals surface area contributed by atoms with Crippen LogP contribution in [0.3, 0.4) is 0 Å². The minimum atomic E-state index is -1.51. The zero-order valence-electron chi connectivity index (χ0n) is 27.7. The third kappa shape index (κ3) is 11.5. The summed E-state index contributed by atoms with van der Waals surface area (Å²) >= 11 is 0. The number of nitrogens with zero attached hydrogens (tertiary/aromatic N) is 1. The average molecular weight is 642 g/mol. The second kappa shape index (κ2) is 15.8. The lowest BCUT2D eigenvalue weighted by atomic mass is 9.99. The van der Waals surface area contributed by atoms with Crippen molar-refractivity contribution in [2.24, 2.45) is 0 Å². The lowest BCUT2D eigenvalue weighted by Crippen LogP contribution is -2.54. The Morgan fingerprint density at radius 2 is 1.30 bits per heavy atom. The van der Waals surface area contributed by atoms with Gasteiger partial charge in [0.1, 0.15) is 35.1 Å². The summed E-state index contributed by atoms with van der Waals surface area (Å²) in [6.45, 7) is 10.2. The number of hydrogen-bond donors (Lipinski definition) is 3. The molecule has 248 valence electrons. The Labute approximate surface area is 276 Å². The molecular formula is C37H43N3O7. The number of hydrogen-bond acceptors (Lipinski definition) is 7. The summed E-state index contributed by atoms with van der Waals surface area (Å²) in [5.41, 5.74) is -0.0558. The molecule has 0 saturated heterocycles. The molecule has 47 heavy (non-hydrogen) atoms. The molecule has 0 fully saturated rings. The molecule has 0 aromatic heterocycles. The molecule has 0 aliphatic heterocycles. The highest BCUT2D eigenvalue weighted by atomic mass is 16.6. The predicted molar refractivity (Wildman–Crippen MR) is 178 cm³/mol. The van der Waals surface area contributed by atoms with Crippen LogP contribution in [-0.2, 0) is 36.7 Å². The van der Waals surface area contributed by atoms with Crippen molar-refractivity contribution in [2.75, 3.05) is 0 Å². The Kier molecular flexibility index (Phi) is 12.2. The van der Waals surface area contributed by atoms with Crippen molar-refractivity contribution in [3.63, 3.8) is 0 Å². The van der Waals surface area contributed by atoms with E-state index in [0.717, 1.165) is 10.5 Å². The Morgan fingerprint density at radius 1 is 0.766 bits per heavy atom. The molecule has 10 heteroatoms. The summed E-state index contributed by atoms with van der Waals surface area (Å²) in [6, 6.07) is 22.1. The molecule has 10 nitrogen and oxygen atoms in total. The monoisotopic (exact) mass is 641 g/mol. The van der Waals surface area contributed by atoms with E-state index in [1.807, 2.05) is 36.4 Å². The van der Waals surface area contributed by atoms with Gasteiger partial charge in [-0.15, -0.1) is 0 Å². The van der Waals surface area contributed by atoms with Crippen LogP contribution in [0.5, 0.6) is 5.75 Å². The Hall–Kier alpha value is -5.30. The van der Waals surface area contributed by atoms with E-state index in [-0.39, 0.29) is 24.2 Å². The number of terminal acetylenes is 1. The number of phenols is 1. The van der Waals surface area contributed by atoms with Gasteiger partial charge in [0.2, 0.25) is 5.91 Å². The van der Waals surface area contributed by atoms with Crippen LogP contribution in [-0.4, -0.2) is 57.2 Å². The first-order valence-electron chi connectivity index (χ1n) is 15.2. The number of alkyl carbamates (subject to hydrolysis) is 1. The van der Waals surface area contributed by atoms with E-state index in [1.54, 1.807) is 65.8 Å². The van der Waals surface area contributed by atoms with Gasteiger partial charge >= 0.3 is 12.1 Å². The number of ether oxygens (including phenoxy) is 2. The number of rotatable bonds is 11. The van der Waals surface area contributed by atoms with Gasteiger partial charge < -0.3 is 25.2 Å². The van der Waals surface area contributed by atoms with E-state index in [4.69, 9.17) is 15.9 Å². The fourth-order valence-electron chi connectivity index (χ4n) is 4.71. The summed E-state index contributed by atoms with van der Waals surface area (Å²) in [6.07, 6.45) is 5.19. The van der Waals surface area contributed by atoms with Crippen molar-refractivity contribution < 1.29 is 33.8 Å². The molecule has 3 atom stereocenters. The van der Waals surface area contributed by atoms with Gasteiger partial charge in [-0.25, -0.2) is 9.59 Å². The molecule has 0 aliphatic rings. The maximum absolute atomic E-state index is 14.3. The number of aromatic hydroxyl groups is 1. The topological polar surface area (TPSA) is 134 Å². The number of amides is 3. The second-order valence-corrected chi connectivity index (χ2v) is 13.0. The molecule has 3 N–H and O–H groups in total. The van der Waals surface area contributed by atoms with Gasteiger partial charge in [0.25, 0.3) is 5.91 Å². The minimum Gasteiger partial charge on any atom is -0.508 e. The largest absolute Gasteiger partial charge is 0.508 e. The van der Waals surface area contributed by atoms with E-state index in [0.29, 0.717) is 5.56 Å². The third-order valence-corrected chi connectivity index (χ3v) is 6.63. The van der Waals surface area contributed by atoms with Gasteiger partial charge in [-0.1, -0.05) is 79.2 Å². The minimum absolute atomic E-state index is 0.0278. The van der Waals surface area contributed by atoms with Gasteiger partial charge in [0.15, 0.2) is 0 Å². The number of phenolic OH excluding ortho intramolecular Hbond substituents is 1. The standard InChI is InChI=1S/C37H43N3O7/c1-8-40(33(43)29(22-25-16-11-9-12-17-25)39-35(45)47-37(5,6)7)31(27-20-15-21-28(41)24-27)32(42)38-30(34(44)46-36(2,3)4)23-26-18-13-10-14-19-26/h1,9-21,24,29-31,41H,22-23H2,2-7H3,(H,38,42)(H,39,45). The summed E-state index contributed by atoms with van der Waals surface area (Å²) in [7, 11) is 0.